The van der Waals surface area contributed by atoms with E-state index in [1.54, 1.807) is 0 Å². The van der Waals surface area contributed by atoms with Crippen molar-refractivity contribution in [2.45, 2.75) is 13.0 Å². The summed E-state index contributed by atoms with van der Waals surface area (Å²) >= 11 is 4.88. The highest BCUT2D eigenvalue weighted by Gasteiger charge is 2.34. The normalized spacial score (nSPS) is 15.4. The van der Waals surface area contributed by atoms with E-state index in [2.05, 4.69) is 30.9 Å². The lowest BCUT2D eigenvalue weighted by atomic mass is 10.2. The number of fused-ring (bicyclic) bond motifs is 1. The van der Waals surface area contributed by atoms with Gasteiger partial charge in [0.25, 0.3) is 0 Å². The third-order valence-electron chi connectivity index (χ3n) is 5.26. The summed E-state index contributed by atoms with van der Waals surface area (Å²) in [7, 11) is 0. The van der Waals surface area contributed by atoms with Gasteiger partial charge in [-0.1, -0.05) is 40.2 Å². The Bertz CT molecular complexity index is 1260. The number of nitrogens with zero attached hydrogens (tertiary/aromatic N) is 3. The molecule has 2 aromatic heterocycles. The Morgan fingerprint density at radius 1 is 1.17 bits per heavy atom. The fraction of sp³-hybridized carbons (Fsp3) is 0.136. The maximum atomic E-state index is 10.7. The first-order chi connectivity index (χ1) is 14.5. The van der Waals surface area contributed by atoms with E-state index < -0.39 is 0 Å². The topological polar surface area (TPSA) is 88.9 Å². The molecule has 0 saturated heterocycles. The third-order valence-corrected chi connectivity index (χ3v) is 6.65. The lowest BCUT2D eigenvalue weighted by Gasteiger charge is -2.24. The molecule has 1 atom stereocenters. The van der Waals surface area contributed by atoms with E-state index in [1.165, 1.54) is 11.3 Å². The number of aliphatic hydroxyl groups is 1. The van der Waals surface area contributed by atoms with Gasteiger partial charge in [0.15, 0.2) is 0 Å². The predicted molar refractivity (Wildman–Crippen MR) is 124 cm³/mol. The van der Waals surface area contributed by atoms with Crippen LogP contribution in [0.5, 0.6) is 0 Å². The number of halogens is 1. The Morgan fingerprint density at radius 2 is 1.93 bits per heavy atom. The van der Waals surface area contributed by atoms with Crippen LogP contribution in [0.1, 0.15) is 23.8 Å². The summed E-state index contributed by atoms with van der Waals surface area (Å²) in [6.45, 7) is 2.25. The molecule has 0 bridgehead atoms. The second-order valence-electron chi connectivity index (χ2n) is 7.16. The number of thiazole rings is 1. The van der Waals surface area contributed by atoms with E-state index >= 15 is 0 Å². The van der Waals surface area contributed by atoms with Gasteiger partial charge in [-0.05, 0) is 31.2 Å². The van der Waals surface area contributed by atoms with Crippen molar-refractivity contribution in [2.24, 2.45) is 0 Å². The number of benzene rings is 2. The molecule has 8 heteroatoms. The van der Waals surface area contributed by atoms with Crippen LogP contribution in [0.3, 0.4) is 0 Å². The van der Waals surface area contributed by atoms with Gasteiger partial charge in [-0.15, -0.1) is 11.3 Å². The van der Waals surface area contributed by atoms with E-state index in [4.69, 9.17) is 5.41 Å². The Morgan fingerprint density at radius 3 is 2.70 bits per heavy atom. The molecule has 3 N–H and O–H groups in total. The smallest absolute Gasteiger partial charge is 0.135 e. The molecule has 3 heterocycles. The molecule has 0 amide bonds. The van der Waals surface area contributed by atoms with Crippen molar-refractivity contribution in [1.29, 1.82) is 5.41 Å². The number of aromatic amines is 1. The minimum Gasteiger partial charge on any atom is -0.510 e. The fourth-order valence-corrected chi connectivity index (χ4v) is 4.77. The monoisotopic (exact) mass is 479 g/mol. The maximum Gasteiger partial charge on any atom is 0.135 e. The molecule has 0 saturated carbocycles. The summed E-state index contributed by atoms with van der Waals surface area (Å²) in [5.74, 6) is 1.20. The molecule has 5 rings (SSSR count). The van der Waals surface area contributed by atoms with E-state index in [1.807, 2.05) is 65.7 Å². The van der Waals surface area contributed by atoms with Crippen molar-refractivity contribution >= 4 is 49.7 Å². The van der Waals surface area contributed by atoms with Crippen LogP contribution >= 0.6 is 27.3 Å². The lowest BCUT2D eigenvalue weighted by Crippen LogP contribution is -2.30. The average molecular weight is 480 g/mol. The Balaban J connectivity index is 1.42. The van der Waals surface area contributed by atoms with Crippen molar-refractivity contribution in [3.05, 3.63) is 75.0 Å². The van der Waals surface area contributed by atoms with Crippen LogP contribution in [-0.2, 0) is 0 Å². The Kier molecular flexibility index (Phi) is 4.67. The molecule has 1 aliphatic heterocycles. The number of para-hydroxylation sites is 2. The van der Waals surface area contributed by atoms with Gasteiger partial charge in [-0.2, -0.15) is 0 Å². The van der Waals surface area contributed by atoms with Gasteiger partial charge in [-0.3, -0.25) is 5.41 Å². The Labute approximate surface area is 185 Å². The molecule has 1 unspecified atom stereocenters. The van der Waals surface area contributed by atoms with E-state index in [0.29, 0.717) is 10.6 Å². The number of aliphatic hydroxyl groups excluding tert-OH is 1. The van der Waals surface area contributed by atoms with Gasteiger partial charge < -0.3 is 15.0 Å². The molecule has 0 fully saturated rings. The molecule has 0 radical (unpaired) electrons. The molecule has 6 nitrogen and oxygen atoms in total. The molecular weight excluding hydrogens is 462 g/mol. The number of amidine groups is 1. The molecule has 0 spiro atoms. The fourth-order valence-electron chi connectivity index (χ4n) is 3.61. The van der Waals surface area contributed by atoms with Crippen LogP contribution in [-0.4, -0.2) is 37.3 Å². The third kappa shape index (κ3) is 3.22. The minimum atomic E-state index is -0.185. The highest BCUT2D eigenvalue weighted by molar-refractivity contribution is 9.10. The van der Waals surface area contributed by atoms with Gasteiger partial charge in [-0.25, -0.2) is 9.97 Å². The van der Waals surface area contributed by atoms with Gasteiger partial charge >= 0.3 is 0 Å². The molecule has 2 aromatic carbocycles. The van der Waals surface area contributed by atoms with Crippen molar-refractivity contribution in [1.82, 2.24) is 19.9 Å². The van der Waals surface area contributed by atoms with E-state index in [0.717, 1.165) is 32.6 Å². The minimum absolute atomic E-state index is 0.166. The quantitative estimate of drug-likeness (QED) is 0.346. The average Bonchev–Trinajstić information content (AvgIpc) is 3.45. The SMILES string of the molecule is CC(c1nc2ccccc2[nH]1)N1CC(O)=C(c2nc(-c3ccc(Br)cc3)cs2)C1=N. The van der Waals surface area contributed by atoms with Crippen molar-refractivity contribution in [3.8, 4) is 11.3 Å². The van der Waals surface area contributed by atoms with Crippen molar-refractivity contribution in [3.63, 3.8) is 0 Å². The number of hydrogen-bond donors (Lipinski definition) is 3. The highest BCUT2D eigenvalue weighted by atomic mass is 79.9. The first-order valence-electron chi connectivity index (χ1n) is 9.45. The maximum absolute atomic E-state index is 10.7. The summed E-state index contributed by atoms with van der Waals surface area (Å²) in [4.78, 5) is 14.5. The Hall–Kier alpha value is -2.97. The van der Waals surface area contributed by atoms with Gasteiger partial charge in [0.05, 0.1) is 34.9 Å². The molecule has 30 heavy (non-hydrogen) atoms. The first-order valence-corrected chi connectivity index (χ1v) is 11.1. The number of rotatable bonds is 4. The summed E-state index contributed by atoms with van der Waals surface area (Å²) in [5.41, 5.74) is 4.17. The van der Waals surface area contributed by atoms with Crippen LogP contribution in [0, 0.1) is 5.41 Å². The number of aromatic nitrogens is 3. The summed E-state index contributed by atoms with van der Waals surface area (Å²) in [5, 5.41) is 22.0. The van der Waals surface area contributed by atoms with Crippen LogP contribution < -0.4 is 0 Å². The summed E-state index contributed by atoms with van der Waals surface area (Å²) < 4.78 is 1.01. The second kappa shape index (κ2) is 7.37. The number of H-pyrrole nitrogens is 1. The number of nitrogens with one attached hydrogen (secondary N) is 2. The molecule has 4 aromatic rings. The van der Waals surface area contributed by atoms with Crippen LogP contribution in [0.4, 0.5) is 0 Å². The van der Waals surface area contributed by atoms with Gasteiger partial charge in [0.1, 0.15) is 22.4 Å². The van der Waals surface area contributed by atoms with Gasteiger partial charge in [0, 0.05) is 15.4 Å². The largest absolute Gasteiger partial charge is 0.510 e. The van der Waals surface area contributed by atoms with Gasteiger partial charge in [0.2, 0.25) is 0 Å². The van der Waals surface area contributed by atoms with E-state index in [-0.39, 0.29) is 24.2 Å². The van der Waals surface area contributed by atoms with E-state index in [9.17, 15) is 5.11 Å². The van der Waals surface area contributed by atoms with Crippen LogP contribution in [0.2, 0.25) is 0 Å². The first kappa shape index (κ1) is 19.0. The number of hydrogen-bond acceptors (Lipinski definition) is 5. The zero-order valence-corrected chi connectivity index (χ0v) is 18.5. The molecule has 0 aliphatic carbocycles. The summed E-state index contributed by atoms with van der Waals surface area (Å²) in [6.07, 6.45) is 0. The van der Waals surface area contributed by atoms with Crippen molar-refractivity contribution in [2.75, 3.05) is 6.54 Å². The zero-order valence-electron chi connectivity index (χ0n) is 16.1. The molecular formula is C22H18BrN5OS. The zero-order chi connectivity index (χ0) is 20.8. The summed E-state index contributed by atoms with van der Waals surface area (Å²) in [6, 6.07) is 15.6. The van der Waals surface area contributed by atoms with Crippen LogP contribution in [0.15, 0.2) is 64.1 Å². The second-order valence-corrected chi connectivity index (χ2v) is 8.93. The predicted octanol–water partition coefficient (Wildman–Crippen LogP) is 5.77. The lowest BCUT2D eigenvalue weighted by molar-refractivity contribution is 0.304. The standard InChI is InChI=1S/C22H18BrN5OS/c1-12(21-25-15-4-2-3-5-16(15)26-21)28-10-18(29)19(20(28)24)22-27-17(11-30-22)13-6-8-14(23)9-7-13/h2-9,11-12,24,29H,10H2,1H3,(H,25,26). The molecule has 150 valence electrons. The molecule has 1 aliphatic rings. The highest BCUT2D eigenvalue weighted by Crippen LogP contribution is 2.35. The van der Waals surface area contributed by atoms with Crippen LogP contribution in [0.25, 0.3) is 27.9 Å². The van der Waals surface area contributed by atoms with Crippen molar-refractivity contribution < 1.29 is 5.11 Å². The number of imidazole rings is 1.